The molecule has 0 radical (unpaired) electrons. The molecule has 130 valence electrons. The van der Waals surface area contributed by atoms with Crippen molar-refractivity contribution in [2.75, 3.05) is 13.2 Å². The fourth-order valence-electron chi connectivity index (χ4n) is 5.97. The summed E-state index contributed by atoms with van der Waals surface area (Å²) in [6.07, 6.45) is 7.31. The Labute approximate surface area is 144 Å². The molecule has 5 rings (SSSR count). The van der Waals surface area contributed by atoms with E-state index < -0.39 is 0 Å². The van der Waals surface area contributed by atoms with Crippen LogP contribution in [0.3, 0.4) is 0 Å². The van der Waals surface area contributed by atoms with Gasteiger partial charge < -0.3 is 14.6 Å². The van der Waals surface area contributed by atoms with E-state index in [-0.39, 0.29) is 11.5 Å². The molecule has 3 nitrogen and oxygen atoms in total. The van der Waals surface area contributed by atoms with Gasteiger partial charge >= 0.3 is 0 Å². The average Bonchev–Trinajstić information content (AvgIpc) is 3.37. The third kappa shape index (κ3) is 2.32. The van der Waals surface area contributed by atoms with Crippen LogP contribution in [0.5, 0.6) is 5.75 Å². The standard InChI is InChI=1S/C21H28O3/c1-21-9-8-17-16-5-3-14(23-11-15-12-24-15)10-13(16)2-4-18(17)19(21)6-7-20(21)22/h3,5,10,15,17-20,22H,2,4,6-9,11-12H2,1H3/t15-,17-,18-,19+,20+,21+/m1/s1. The van der Waals surface area contributed by atoms with E-state index in [1.54, 1.807) is 5.56 Å². The van der Waals surface area contributed by atoms with E-state index in [0.717, 1.165) is 31.1 Å². The Morgan fingerprint density at radius 2 is 2.12 bits per heavy atom. The number of aliphatic hydroxyl groups is 1. The van der Waals surface area contributed by atoms with Gasteiger partial charge in [-0.05, 0) is 85.0 Å². The maximum Gasteiger partial charge on any atom is 0.119 e. The van der Waals surface area contributed by atoms with Crippen molar-refractivity contribution in [3.8, 4) is 5.75 Å². The van der Waals surface area contributed by atoms with E-state index in [9.17, 15) is 5.11 Å². The number of ether oxygens (including phenoxy) is 2. The summed E-state index contributed by atoms with van der Waals surface area (Å²) in [6.45, 7) is 3.88. The summed E-state index contributed by atoms with van der Waals surface area (Å²) in [5, 5.41) is 10.5. The van der Waals surface area contributed by atoms with Crippen molar-refractivity contribution >= 4 is 0 Å². The number of hydrogen-bond donors (Lipinski definition) is 1. The molecule has 1 aromatic rings. The van der Waals surface area contributed by atoms with Gasteiger partial charge in [0.2, 0.25) is 0 Å². The SMILES string of the molecule is C[C@]12CC[C@@H]3c4ccc(OC[C@@H]5CO5)cc4CC[C@H]3[C@@H]1CC[C@@H]2O. The number of aliphatic hydroxyl groups excluding tert-OH is 1. The minimum atomic E-state index is -0.0785. The van der Waals surface area contributed by atoms with Gasteiger partial charge in [-0.25, -0.2) is 0 Å². The first-order valence-corrected chi connectivity index (χ1v) is 9.70. The zero-order chi connectivity index (χ0) is 16.3. The molecular weight excluding hydrogens is 300 g/mol. The number of rotatable bonds is 3. The van der Waals surface area contributed by atoms with Crippen LogP contribution < -0.4 is 4.74 Å². The molecule has 24 heavy (non-hydrogen) atoms. The molecule has 3 heteroatoms. The molecule has 1 N–H and O–H groups in total. The highest BCUT2D eigenvalue weighted by Gasteiger charge is 2.54. The average molecular weight is 328 g/mol. The quantitative estimate of drug-likeness (QED) is 0.861. The van der Waals surface area contributed by atoms with E-state index >= 15 is 0 Å². The molecule has 1 aliphatic heterocycles. The van der Waals surface area contributed by atoms with Crippen molar-refractivity contribution in [2.45, 2.75) is 63.6 Å². The van der Waals surface area contributed by atoms with E-state index in [1.807, 2.05) is 0 Å². The van der Waals surface area contributed by atoms with Gasteiger partial charge in [-0.3, -0.25) is 0 Å². The summed E-state index contributed by atoms with van der Waals surface area (Å²) in [5.74, 6) is 3.17. The lowest BCUT2D eigenvalue weighted by molar-refractivity contribution is -0.0226. The first-order chi connectivity index (χ1) is 11.6. The summed E-state index contributed by atoms with van der Waals surface area (Å²) in [4.78, 5) is 0. The second-order valence-electron chi connectivity index (χ2n) is 8.68. The minimum Gasteiger partial charge on any atom is -0.491 e. The molecule has 0 spiro atoms. The van der Waals surface area contributed by atoms with E-state index in [1.165, 1.54) is 31.2 Å². The summed E-state index contributed by atoms with van der Waals surface area (Å²) in [6, 6.07) is 6.75. The summed E-state index contributed by atoms with van der Waals surface area (Å²) in [7, 11) is 0. The van der Waals surface area contributed by atoms with Crippen LogP contribution in [0, 0.1) is 17.3 Å². The number of aryl methyl sites for hydroxylation is 1. The Morgan fingerprint density at radius 1 is 1.25 bits per heavy atom. The molecule has 3 aliphatic carbocycles. The Hall–Kier alpha value is -1.06. The van der Waals surface area contributed by atoms with Crippen LogP contribution in [0.25, 0.3) is 0 Å². The highest BCUT2D eigenvalue weighted by Crippen LogP contribution is 2.60. The van der Waals surface area contributed by atoms with Gasteiger partial charge in [-0.15, -0.1) is 0 Å². The van der Waals surface area contributed by atoms with Gasteiger partial charge in [-0.2, -0.15) is 0 Å². The summed E-state index contributed by atoms with van der Waals surface area (Å²) in [5.41, 5.74) is 3.23. The summed E-state index contributed by atoms with van der Waals surface area (Å²) >= 11 is 0. The molecule has 2 saturated carbocycles. The van der Waals surface area contributed by atoms with Gasteiger partial charge in [0.05, 0.1) is 12.7 Å². The zero-order valence-corrected chi connectivity index (χ0v) is 14.5. The van der Waals surface area contributed by atoms with Crippen LogP contribution >= 0.6 is 0 Å². The molecule has 1 aromatic carbocycles. The van der Waals surface area contributed by atoms with Crippen LogP contribution in [0.4, 0.5) is 0 Å². The lowest BCUT2D eigenvalue weighted by Crippen LogP contribution is -2.43. The lowest BCUT2D eigenvalue weighted by atomic mass is 9.55. The Balaban J connectivity index is 1.38. The van der Waals surface area contributed by atoms with Crippen LogP contribution in [-0.2, 0) is 11.2 Å². The van der Waals surface area contributed by atoms with Crippen LogP contribution in [0.15, 0.2) is 18.2 Å². The van der Waals surface area contributed by atoms with Crippen molar-refractivity contribution in [3.05, 3.63) is 29.3 Å². The monoisotopic (exact) mass is 328 g/mol. The van der Waals surface area contributed by atoms with Crippen molar-refractivity contribution < 1.29 is 14.6 Å². The molecule has 6 atom stereocenters. The molecule has 0 aromatic heterocycles. The largest absolute Gasteiger partial charge is 0.491 e. The van der Waals surface area contributed by atoms with E-state index in [4.69, 9.17) is 9.47 Å². The third-order valence-electron chi connectivity index (χ3n) is 7.49. The molecule has 3 fully saturated rings. The van der Waals surface area contributed by atoms with Crippen LogP contribution in [-0.4, -0.2) is 30.5 Å². The van der Waals surface area contributed by atoms with Crippen molar-refractivity contribution in [1.82, 2.24) is 0 Å². The van der Waals surface area contributed by atoms with Gasteiger partial charge in [-0.1, -0.05) is 13.0 Å². The number of fused-ring (bicyclic) bond motifs is 5. The predicted molar refractivity (Wildman–Crippen MR) is 92.3 cm³/mol. The van der Waals surface area contributed by atoms with Crippen molar-refractivity contribution in [3.63, 3.8) is 0 Å². The topological polar surface area (TPSA) is 42.0 Å². The molecule has 0 bridgehead atoms. The zero-order valence-electron chi connectivity index (χ0n) is 14.5. The van der Waals surface area contributed by atoms with Gasteiger partial charge in [0.1, 0.15) is 18.5 Å². The Kier molecular flexibility index (Phi) is 3.47. The molecular formula is C21H28O3. The fourth-order valence-corrected chi connectivity index (χ4v) is 5.97. The lowest BCUT2D eigenvalue weighted by Gasteiger charge is -2.50. The fraction of sp³-hybridized carbons (Fsp3) is 0.714. The first-order valence-electron chi connectivity index (χ1n) is 9.70. The maximum absolute atomic E-state index is 10.5. The predicted octanol–water partition coefficient (Wildman–Crippen LogP) is 3.68. The molecule has 1 heterocycles. The maximum atomic E-state index is 10.5. The number of epoxide rings is 1. The smallest absolute Gasteiger partial charge is 0.119 e. The number of hydrogen-bond acceptors (Lipinski definition) is 3. The summed E-state index contributed by atoms with van der Waals surface area (Å²) < 4.78 is 11.1. The van der Waals surface area contributed by atoms with Gasteiger partial charge in [0.25, 0.3) is 0 Å². The second kappa shape index (κ2) is 5.47. The third-order valence-corrected chi connectivity index (χ3v) is 7.49. The highest BCUT2D eigenvalue weighted by molar-refractivity contribution is 5.40. The highest BCUT2D eigenvalue weighted by atomic mass is 16.6. The van der Waals surface area contributed by atoms with Crippen LogP contribution in [0.1, 0.15) is 56.1 Å². The normalized spacial score (nSPS) is 42.8. The van der Waals surface area contributed by atoms with Crippen LogP contribution in [0.2, 0.25) is 0 Å². The van der Waals surface area contributed by atoms with Gasteiger partial charge in [0, 0.05) is 0 Å². The van der Waals surface area contributed by atoms with Crippen molar-refractivity contribution in [2.24, 2.45) is 17.3 Å². The molecule has 4 aliphatic rings. The van der Waals surface area contributed by atoms with E-state index in [0.29, 0.717) is 24.5 Å². The number of benzene rings is 1. The second-order valence-corrected chi connectivity index (χ2v) is 8.68. The van der Waals surface area contributed by atoms with Gasteiger partial charge in [0.15, 0.2) is 0 Å². The molecule has 1 saturated heterocycles. The van der Waals surface area contributed by atoms with E-state index in [2.05, 4.69) is 25.1 Å². The van der Waals surface area contributed by atoms with Crippen molar-refractivity contribution in [1.29, 1.82) is 0 Å². The Bertz CT molecular complexity index is 638. The molecule has 0 unspecified atom stereocenters. The Morgan fingerprint density at radius 3 is 2.96 bits per heavy atom. The first kappa shape index (κ1) is 15.2. The minimum absolute atomic E-state index is 0.0785. The molecule has 0 amide bonds.